The van der Waals surface area contributed by atoms with Crippen LogP contribution >= 0.6 is 0 Å². The van der Waals surface area contributed by atoms with Crippen molar-refractivity contribution >= 4 is 11.5 Å². The molecule has 1 aliphatic rings. The van der Waals surface area contributed by atoms with Gasteiger partial charge in [-0.2, -0.15) is 0 Å². The molecule has 0 atom stereocenters. The predicted octanol–water partition coefficient (Wildman–Crippen LogP) is 1.83. The highest BCUT2D eigenvalue weighted by Crippen LogP contribution is 2.22. The standard InChI is InChI=1S/C11H15N3O3/c15-14(16)11-10(2-1-5-12-11)13-8-9-3-6-17-7-4-9/h1-2,5,9,13H,3-4,6-8H2. The molecule has 0 saturated carbocycles. The molecule has 1 N–H and O–H groups in total. The number of rotatable bonds is 4. The van der Waals surface area contributed by atoms with Crippen LogP contribution in [-0.2, 0) is 4.74 Å². The quantitative estimate of drug-likeness (QED) is 0.638. The van der Waals surface area contributed by atoms with Crippen LogP contribution in [0.4, 0.5) is 11.5 Å². The van der Waals surface area contributed by atoms with E-state index in [1.807, 2.05) is 0 Å². The van der Waals surface area contributed by atoms with Crippen molar-refractivity contribution in [3.05, 3.63) is 28.4 Å². The zero-order valence-electron chi connectivity index (χ0n) is 9.46. The van der Waals surface area contributed by atoms with E-state index in [0.29, 0.717) is 11.6 Å². The largest absolute Gasteiger partial charge is 0.386 e. The number of ether oxygens (including phenoxy) is 1. The molecule has 0 aromatic carbocycles. The monoisotopic (exact) mass is 237 g/mol. The van der Waals surface area contributed by atoms with Crippen molar-refractivity contribution in [2.75, 3.05) is 25.1 Å². The summed E-state index contributed by atoms with van der Waals surface area (Å²) < 4.78 is 5.27. The first kappa shape index (κ1) is 11.8. The Morgan fingerprint density at radius 1 is 1.53 bits per heavy atom. The van der Waals surface area contributed by atoms with Gasteiger partial charge in [0.1, 0.15) is 11.9 Å². The van der Waals surface area contributed by atoms with Crippen molar-refractivity contribution < 1.29 is 9.66 Å². The van der Waals surface area contributed by atoms with Gasteiger partial charge in [0.05, 0.1) is 0 Å². The van der Waals surface area contributed by atoms with Gasteiger partial charge >= 0.3 is 5.82 Å². The first-order valence-corrected chi connectivity index (χ1v) is 5.68. The molecule has 0 aliphatic carbocycles. The van der Waals surface area contributed by atoms with Gasteiger partial charge in [-0.25, -0.2) is 0 Å². The Hall–Kier alpha value is -1.69. The van der Waals surface area contributed by atoms with Crippen LogP contribution in [0.25, 0.3) is 0 Å². The lowest BCUT2D eigenvalue weighted by Crippen LogP contribution is -2.22. The van der Waals surface area contributed by atoms with Crippen LogP contribution in [0.3, 0.4) is 0 Å². The third-order valence-corrected chi connectivity index (χ3v) is 2.88. The number of aromatic nitrogens is 1. The lowest BCUT2D eigenvalue weighted by molar-refractivity contribution is -0.388. The van der Waals surface area contributed by atoms with Crippen LogP contribution in [0, 0.1) is 16.0 Å². The van der Waals surface area contributed by atoms with Gasteiger partial charge < -0.3 is 20.2 Å². The van der Waals surface area contributed by atoms with Crippen LogP contribution in [-0.4, -0.2) is 29.7 Å². The number of anilines is 1. The SMILES string of the molecule is O=[N+]([O-])c1ncccc1NCC1CCOCC1. The van der Waals surface area contributed by atoms with Gasteiger partial charge in [0.25, 0.3) is 0 Å². The summed E-state index contributed by atoms with van der Waals surface area (Å²) >= 11 is 0. The van der Waals surface area contributed by atoms with Gasteiger partial charge in [-0.05, 0) is 40.8 Å². The summed E-state index contributed by atoms with van der Waals surface area (Å²) in [5.74, 6) is 0.406. The molecule has 1 fully saturated rings. The summed E-state index contributed by atoms with van der Waals surface area (Å²) in [5.41, 5.74) is 0.490. The van der Waals surface area contributed by atoms with Gasteiger partial charge in [-0.1, -0.05) is 0 Å². The Morgan fingerprint density at radius 3 is 3.00 bits per heavy atom. The van der Waals surface area contributed by atoms with Crippen LogP contribution in [0.2, 0.25) is 0 Å². The Bertz CT molecular complexity index is 391. The van der Waals surface area contributed by atoms with Crippen molar-refractivity contribution in [1.82, 2.24) is 4.98 Å². The molecule has 1 aromatic heterocycles. The lowest BCUT2D eigenvalue weighted by Gasteiger charge is -2.22. The maximum atomic E-state index is 10.8. The van der Waals surface area contributed by atoms with E-state index >= 15 is 0 Å². The number of hydrogen-bond donors (Lipinski definition) is 1. The Kier molecular flexibility index (Phi) is 3.87. The number of nitrogens with one attached hydrogen (secondary N) is 1. The number of nitro groups is 1. The van der Waals surface area contributed by atoms with Crippen LogP contribution in [0.5, 0.6) is 0 Å². The molecular formula is C11H15N3O3. The smallest absolute Gasteiger partial charge is 0.381 e. The zero-order valence-corrected chi connectivity index (χ0v) is 9.46. The average Bonchev–Trinajstić information content (AvgIpc) is 2.38. The van der Waals surface area contributed by atoms with Crippen molar-refractivity contribution in [2.45, 2.75) is 12.8 Å². The summed E-state index contributed by atoms with van der Waals surface area (Å²) in [4.78, 5) is 14.0. The maximum absolute atomic E-state index is 10.8. The predicted molar refractivity (Wildman–Crippen MR) is 62.9 cm³/mol. The Labute approximate surface area is 99.2 Å². The van der Waals surface area contributed by atoms with E-state index in [1.54, 1.807) is 12.1 Å². The molecule has 0 spiro atoms. The van der Waals surface area contributed by atoms with E-state index in [0.717, 1.165) is 32.6 Å². The third-order valence-electron chi connectivity index (χ3n) is 2.88. The highest BCUT2D eigenvalue weighted by atomic mass is 16.6. The molecule has 0 radical (unpaired) electrons. The minimum Gasteiger partial charge on any atom is -0.381 e. The number of nitrogens with zero attached hydrogens (tertiary/aromatic N) is 2. The lowest BCUT2D eigenvalue weighted by atomic mass is 10.0. The van der Waals surface area contributed by atoms with E-state index in [2.05, 4.69) is 10.3 Å². The van der Waals surface area contributed by atoms with Gasteiger partial charge in [0.15, 0.2) is 0 Å². The Balaban J connectivity index is 1.96. The van der Waals surface area contributed by atoms with Crippen molar-refractivity contribution in [1.29, 1.82) is 0 Å². The van der Waals surface area contributed by atoms with Gasteiger partial charge in [-0.15, -0.1) is 0 Å². The van der Waals surface area contributed by atoms with E-state index in [9.17, 15) is 10.1 Å². The fourth-order valence-corrected chi connectivity index (χ4v) is 1.89. The molecule has 2 rings (SSSR count). The van der Waals surface area contributed by atoms with Crippen molar-refractivity contribution in [2.24, 2.45) is 5.92 Å². The molecular weight excluding hydrogens is 222 g/mol. The maximum Gasteiger partial charge on any atom is 0.386 e. The second kappa shape index (κ2) is 5.58. The van der Waals surface area contributed by atoms with E-state index in [-0.39, 0.29) is 5.82 Å². The molecule has 0 bridgehead atoms. The first-order valence-electron chi connectivity index (χ1n) is 5.68. The molecule has 6 heteroatoms. The first-order chi connectivity index (χ1) is 8.27. The van der Waals surface area contributed by atoms with E-state index in [1.165, 1.54) is 6.20 Å². The third kappa shape index (κ3) is 3.13. The molecule has 1 saturated heterocycles. The summed E-state index contributed by atoms with van der Waals surface area (Å²) in [6.07, 6.45) is 3.43. The molecule has 92 valence electrons. The minimum absolute atomic E-state index is 0.112. The van der Waals surface area contributed by atoms with Crippen LogP contribution < -0.4 is 5.32 Å². The van der Waals surface area contributed by atoms with Gasteiger partial charge in [0.2, 0.25) is 0 Å². The zero-order chi connectivity index (χ0) is 12.1. The highest BCUT2D eigenvalue weighted by molar-refractivity contribution is 5.56. The summed E-state index contributed by atoms with van der Waals surface area (Å²) in [5, 5.41) is 13.9. The summed E-state index contributed by atoms with van der Waals surface area (Å²) in [6, 6.07) is 3.38. The highest BCUT2D eigenvalue weighted by Gasteiger charge is 2.17. The molecule has 2 heterocycles. The van der Waals surface area contributed by atoms with Gasteiger partial charge in [0, 0.05) is 19.8 Å². The number of hydrogen-bond acceptors (Lipinski definition) is 5. The molecule has 0 amide bonds. The topological polar surface area (TPSA) is 77.3 Å². The van der Waals surface area contributed by atoms with Crippen LogP contribution in [0.15, 0.2) is 18.3 Å². The van der Waals surface area contributed by atoms with E-state index in [4.69, 9.17) is 4.74 Å². The molecule has 6 nitrogen and oxygen atoms in total. The normalized spacial score (nSPS) is 16.7. The molecule has 1 aromatic rings. The fourth-order valence-electron chi connectivity index (χ4n) is 1.89. The number of pyridine rings is 1. The summed E-state index contributed by atoms with van der Waals surface area (Å²) in [7, 11) is 0. The second-order valence-corrected chi connectivity index (χ2v) is 4.07. The van der Waals surface area contributed by atoms with E-state index < -0.39 is 4.92 Å². The van der Waals surface area contributed by atoms with Crippen LogP contribution in [0.1, 0.15) is 12.8 Å². The van der Waals surface area contributed by atoms with Gasteiger partial charge in [-0.3, -0.25) is 0 Å². The molecule has 0 unspecified atom stereocenters. The average molecular weight is 237 g/mol. The molecule has 1 aliphatic heterocycles. The Morgan fingerprint density at radius 2 is 2.29 bits per heavy atom. The molecule has 17 heavy (non-hydrogen) atoms. The van der Waals surface area contributed by atoms with Crippen molar-refractivity contribution in [3.8, 4) is 0 Å². The second-order valence-electron chi connectivity index (χ2n) is 4.07. The minimum atomic E-state index is -0.466. The van der Waals surface area contributed by atoms with Crippen molar-refractivity contribution in [3.63, 3.8) is 0 Å². The fraction of sp³-hybridized carbons (Fsp3) is 0.545. The summed E-state index contributed by atoms with van der Waals surface area (Å²) in [6.45, 7) is 2.29.